The Labute approximate surface area is 102 Å². The van der Waals surface area contributed by atoms with Crippen LogP contribution in [0.5, 0.6) is 0 Å². The first kappa shape index (κ1) is 11.3. The van der Waals surface area contributed by atoms with Crippen molar-refractivity contribution in [3.63, 3.8) is 0 Å². The summed E-state index contributed by atoms with van der Waals surface area (Å²) in [5.41, 5.74) is 5.41. The molecule has 0 bridgehead atoms. The molecule has 0 aliphatic carbocycles. The standard InChI is InChI=1S/C10H13BrN4O/c11-8-2-3-9-13-15(5-1-4-12)10(16)7-14(9)6-8/h2-3,6H,1,4-5,7,12H2. The van der Waals surface area contributed by atoms with E-state index >= 15 is 0 Å². The Morgan fingerprint density at radius 2 is 2.31 bits per heavy atom. The van der Waals surface area contributed by atoms with Gasteiger partial charge in [-0.05, 0) is 41.0 Å². The Morgan fingerprint density at radius 3 is 3.06 bits per heavy atom. The molecule has 5 nitrogen and oxygen atoms in total. The number of rotatable bonds is 3. The molecule has 0 spiro atoms. The Hall–Kier alpha value is -1.14. The minimum Gasteiger partial charge on any atom is -0.330 e. The maximum Gasteiger partial charge on any atom is 0.262 e. The van der Waals surface area contributed by atoms with E-state index < -0.39 is 0 Å². The van der Waals surface area contributed by atoms with Gasteiger partial charge < -0.3 is 10.6 Å². The van der Waals surface area contributed by atoms with Crippen LogP contribution in [-0.4, -0.2) is 41.3 Å². The maximum atomic E-state index is 11.7. The fourth-order valence-electron chi connectivity index (χ4n) is 1.55. The van der Waals surface area contributed by atoms with E-state index in [1.54, 1.807) is 0 Å². The second kappa shape index (κ2) is 4.80. The van der Waals surface area contributed by atoms with Gasteiger partial charge in [0.05, 0.1) is 0 Å². The van der Waals surface area contributed by atoms with Crippen molar-refractivity contribution in [1.82, 2.24) is 9.91 Å². The lowest BCUT2D eigenvalue weighted by atomic mass is 10.3. The molecule has 0 aromatic carbocycles. The molecule has 0 saturated heterocycles. The Morgan fingerprint density at radius 1 is 1.50 bits per heavy atom. The summed E-state index contributed by atoms with van der Waals surface area (Å²) in [5.74, 6) is 0.795. The van der Waals surface area contributed by atoms with Crippen molar-refractivity contribution in [3.8, 4) is 0 Å². The highest BCUT2D eigenvalue weighted by Crippen LogP contribution is 2.18. The summed E-state index contributed by atoms with van der Waals surface area (Å²) in [5, 5.41) is 5.77. The van der Waals surface area contributed by atoms with Crippen LogP contribution in [0.4, 0.5) is 0 Å². The van der Waals surface area contributed by atoms with Crippen molar-refractivity contribution in [1.29, 1.82) is 0 Å². The fourth-order valence-corrected chi connectivity index (χ4v) is 1.93. The summed E-state index contributed by atoms with van der Waals surface area (Å²) in [6.45, 7) is 1.49. The second-order valence-corrected chi connectivity index (χ2v) is 4.51. The molecular formula is C10H13BrN4O. The normalized spacial score (nSPS) is 19.5. The number of nitrogens with two attached hydrogens (primary N) is 1. The summed E-state index contributed by atoms with van der Waals surface area (Å²) in [7, 11) is 0. The van der Waals surface area contributed by atoms with Crippen molar-refractivity contribution in [2.24, 2.45) is 10.8 Å². The lowest BCUT2D eigenvalue weighted by molar-refractivity contribution is -0.132. The van der Waals surface area contributed by atoms with Gasteiger partial charge in [-0.1, -0.05) is 0 Å². The first-order chi connectivity index (χ1) is 7.70. The molecule has 0 unspecified atom stereocenters. The van der Waals surface area contributed by atoms with Crippen LogP contribution in [-0.2, 0) is 4.79 Å². The van der Waals surface area contributed by atoms with Gasteiger partial charge in [-0.15, -0.1) is 0 Å². The summed E-state index contributed by atoms with van der Waals surface area (Å²) in [6.07, 6.45) is 6.42. The average Bonchev–Trinajstić information content (AvgIpc) is 2.26. The molecule has 0 aromatic heterocycles. The van der Waals surface area contributed by atoms with Crippen LogP contribution in [0.25, 0.3) is 0 Å². The summed E-state index contributed by atoms with van der Waals surface area (Å²) in [4.78, 5) is 13.6. The van der Waals surface area contributed by atoms with Gasteiger partial charge >= 0.3 is 0 Å². The first-order valence-corrected chi connectivity index (χ1v) is 5.91. The average molecular weight is 285 g/mol. The van der Waals surface area contributed by atoms with Crippen LogP contribution >= 0.6 is 15.9 Å². The number of amidine groups is 1. The minimum atomic E-state index is 0.00375. The van der Waals surface area contributed by atoms with Crippen LogP contribution in [0.3, 0.4) is 0 Å². The molecule has 16 heavy (non-hydrogen) atoms. The van der Waals surface area contributed by atoms with E-state index in [9.17, 15) is 4.79 Å². The van der Waals surface area contributed by atoms with Crippen molar-refractivity contribution in [3.05, 3.63) is 22.8 Å². The van der Waals surface area contributed by atoms with E-state index in [1.807, 2.05) is 23.3 Å². The first-order valence-electron chi connectivity index (χ1n) is 5.12. The molecule has 2 N–H and O–H groups in total. The predicted molar refractivity (Wildman–Crippen MR) is 65.7 cm³/mol. The molecule has 0 saturated carbocycles. The Balaban J connectivity index is 2.14. The van der Waals surface area contributed by atoms with Crippen molar-refractivity contribution in [2.75, 3.05) is 19.6 Å². The summed E-state index contributed by atoms with van der Waals surface area (Å²) in [6, 6.07) is 0. The number of halogens is 1. The van der Waals surface area contributed by atoms with Gasteiger partial charge in [-0.25, -0.2) is 5.01 Å². The minimum absolute atomic E-state index is 0.00375. The third kappa shape index (κ3) is 2.33. The number of amides is 1. The third-order valence-electron chi connectivity index (χ3n) is 2.36. The number of hydrazone groups is 1. The van der Waals surface area contributed by atoms with E-state index in [1.165, 1.54) is 5.01 Å². The number of hydrogen-bond acceptors (Lipinski definition) is 4. The van der Waals surface area contributed by atoms with Crippen LogP contribution in [0, 0.1) is 0 Å². The number of carbonyl (C=O) groups is 1. The van der Waals surface area contributed by atoms with Gasteiger partial charge in [0.1, 0.15) is 6.54 Å². The third-order valence-corrected chi connectivity index (χ3v) is 2.82. The van der Waals surface area contributed by atoms with Gasteiger partial charge in [0.25, 0.3) is 5.91 Å². The van der Waals surface area contributed by atoms with E-state index in [2.05, 4.69) is 21.0 Å². The van der Waals surface area contributed by atoms with E-state index in [0.717, 1.165) is 16.7 Å². The number of carbonyl (C=O) groups excluding carboxylic acids is 1. The molecule has 0 atom stereocenters. The smallest absolute Gasteiger partial charge is 0.262 e. The van der Waals surface area contributed by atoms with Crippen molar-refractivity contribution < 1.29 is 4.79 Å². The molecule has 2 aliphatic heterocycles. The molecule has 2 rings (SSSR count). The number of hydrogen-bond donors (Lipinski definition) is 1. The van der Waals surface area contributed by atoms with Gasteiger partial charge in [-0.2, -0.15) is 5.10 Å². The lowest BCUT2D eigenvalue weighted by Gasteiger charge is -2.31. The Kier molecular flexibility index (Phi) is 3.40. The van der Waals surface area contributed by atoms with Gasteiger partial charge in [-0.3, -0.25) is 4.79 Å². The van der Waals surface area contributed by atoms with Crippen LogP contribution in [0.1, 0.15) is 6.42 Å². The highest BCUT2D eigenvalue weighted by atomic mass is 79.9. The molecular weight excluding hydrogens is 272 g/mol. The van der Waals surface area contributed by atoms with Crippen LogP contribution < -0.4 is 5.73 Å². The second-order valence-electron chi connectivity index (χ2n) is 3.59. The highest BCUT2D eigenvalue weighted by molar-refractivity contribution is 9.11. The number of nitrogens with zero attached hydrogens (tertiary/aromatic N) is 3. The Bertz CT molecular complexity index is 388. The zero-order valence-corrected chi connectivity index (χ0v) is 10.4. The topological polar surface area (TPSA) is 61.9 Å². The number of allylic oxidation sites excluding steroid dienone is 2. The van der Waals surface area contributed by atoms with Crippen LogP contribution in [0.15, 0.2) is 27.9 Å². The molecule has 2 heterocycles. The largest absolute Gasteiger partial charge is 0.330 e. The summed E-state index contributed by atoms with van der Waals surface area (Å²) < 4.78 is 0.939. The van der Waals surface area contributed by atoms with E-state index in [4.69, 9.17) is 5.73 Å². The molecule has 86 valence electrons. The highest BCUT2D eigenvalue weighted by Gasteiger charge is 2.25. The molecule has 6 heteroatoms. The van der Waals surface area contributed by atoms with Crippen molar-refractivity contribution in [2.45, 2.75) is 6.42 Å². The molecule has 0 fully saturated rings. The molecule has 0 radical (unpaired) electrons. The zero-order valence-electron chi connectivity index (χ0n) is 8.77. The van der Waals surface area contributed by atoms with Gasteiger partial charge in [0.15, 0.2) is 5.84 Å². The van der Waals surface area contributed by atoms with Gasteiger partial charge in [0, 0.05) is 17.2 Å². The number of fused-ring (bicyclic) bond motifs is 1. The zero-order chi connectivity index (χ0) is 11.5. The molecule has 0 aromatic rings. The molecule has 1 amide bonds. The SMILES string of the molecule is NCCCN1N=C2C=CC(Br)=CN2CC1=O. The van der Waals surface area contributed by atoms with Crippen molar-refractivity contribution >= 4 is 27.7 Å². The van der Waals surface area contributed by atoms with E-state index in [-0.39, 0.29) is 5.91 Å². The fraction of sp³-hybridized carbons (Fsp3) is 0.400. The maximum absolute atomic E-state index is 11.7. The van der Waals surface area contributed by atoms with E-state index in [0.29, 0.717) is 19.6 Å². The summed E-state index contributed by atoms with van der Waals surface area (Å²) >= 11 is 3.36. The van der Waals surface area contributed by atoms with Gasteiger partial charge in [0.2, 0.25) is 0 Å². The predicted octanol–water partition coefficient (Wildman–Crippen LogP) is 0.599. The monoisotopic (exact) mass is 284 g/mol. The van der Waals surface area contributed by atoms with Crippen LogP contribution in [0.2, 0.25) is 0 Å². The quantitative estimate of drug-likeness (QED) is 0.826. The molecule has 2 aliphatic rings. The lowest BCUT2D eigenvalue weighted by Crippen LogP contribution is -2.45.